The van der Waals surface area contributed by atoms with E-state index in [0.29, 0.717) is 41.4 Å². The van der Waals surface area contributed by atoms with Crippen molar-refractivity contribution in [2.45, 2.75) is 119 Å². The molecular formula is C34H53NO. The molecule has 0 fully saturated rings. The van der Waals surface area contributed by atoms with Gasteiger partial charge in [-0.1, -0.05) is 107 Å². The van der Waals surface area contributed by atoms with E-state index < -0.39 is 0 Å². The highest BCUT2D eigenvalue weighted by Gasteiger charge is 2.29. The zero-order chi connectivity index (χ0) is 27.6. The van der Waals surface area contributed by atoms with Crippen LogP contribution in [0.3, 0.4) is 0 Å². The zero-order valence-electron chi connectivity index (χ0n) is 25.7. The van der Waals surface area contributed by atoms with E-state index in [0.717, 1.165) is 5.57 Å². The monoisotopic (exact) mass is 491 g/mol. The fraction of sp³-hybridized carbons (Fsp3) is 0.588. The van der Waals surface area contributed by atoms with Crippen molar-refractivity contribution < 1.29 is 5.11 Å². The van der Waals surface area contributed by atoms with Gasteiger partial charge in [0.2, 0.25) is 0 Å². The highest BCUT2D eigenvalue weighted by atomic mass is 16.3. The number of aliphatic hydroxyl groups is 1. The molecule has 36 heavy (non-hydrogen) atoms. The summed E-state index contributed by atoms with van der Waals surface area (Å²) in [6.07, 6.45) is 0. The van der Waals surface area contributed by atoms with Crippen LogP contribution in [0.1, 0.15) is 163 Å². The highest BCUT2D eigenvalue weighted by Crippen LogP contribution is 2.45. The Morgan fingerprint density at radius 3 is 0.917 bits per heavy atom. The van der Waals surface area contributed by atoms with Crippen LogP contribution < -0.4 is 0 Å². The minimum atomic E-state index is 0.334. The van der Waals surface area contributed by atoms with Crippen molar-refractivity contribution in [3.8, 4) is 0 Å². The molecule has 0 bridgehead atoms. The molecular weight excluding hydrogens is 438 g/mol. The van der Waals surface area contributed by atoms with Crippen molar-refractivity contribution in [3.05, 3.63) is 74.7 Å². The Bertz CT molecular complexity index is 945. The summed E-state index contributed by atoms with van der Waals surface area (Å²) in [4.78, 5) is 1.88. The number of hydrogen-bond donors (Lipinski definition) is 1. The summed E-state index contributed by atoms with van der Waals surface area (Å²) in [5.41, 5.74) is 11.5. The quantitative estimate of drug-likeness (QED) is 0.353. The van der Waals surface area contributed by atoms with Gasteiger partial charge >= 0.3 is 0 Å². The number of benzene rings is 2. The van der Waals surface area contributed by atoms with Crippen LogP contribution in [0.2, 0.25) is 0 Å². The highest BCUT2D eigenvalue weighted by molar-refractivity contribution is 5.88. The second-order valence-electron chi connectivity index (χ2n) is 12.7. The van der Waals surface area contributed by atoms with Crippen LogP contribution in [-0.4, -0.2) is 24.1 Å². The molecule has 0 amide bonds. The molecule has 0 unspecified atom stereocenters. The van der Waals surface area contributed by atoms with Crippen LogP contribution in [0.4, 0.5) is 0 Å². The first kappa shape index (κ1) is 30.0. The fourth-order valence-electron chi connectivity index (χ4n) is 5.06. The molecule has 2 rings (SSSR count). The molecule has 0 aliphatic heterocycles. The summed E-state index contributed by atoms with van der Waals surface area (Å²) >= 11 is 0. The lowest BCUT2D eigenvalue weighted by Gasteiger charge is -2.31. The summed E-state index contributed by atoms with van der Waals surface area (Å²) in [5, 5.41) is 11.9. The van der Waals surface area contributed by atoms with Gasteiger partial charge in [-0.15, -0.1) is 0 Å². The van der Waals surface area contributed by atoms with Gasteiger partial charge in [0, 0.05) is 19.7 Å². The van der Waals surface area contributed by atoms with E-state index >= 15 is 0 Å². The average Bonchev–Trinajstić information content (AvgIpc) is 2.77. The van der Waals surface area contributed by atoms with E-state index in [1.165, 1.54) is 44.5 Å². The first-order chi connectivity index (χ1) is 16.6. The standard InChI is InChI=1S/C34H53NO/c1-19(2)25-15-27(21(5)6)31(28(16-25)22(7)8)33(34(36)35(13)14)32-29(23(9)10)17-26(20(3)4)18-30(32)24(11)12/h15-24,36H,1-14H3. The van der Waals surface area contributed by atoms with Crippen LogP contribution >= 0.6 is 0 Å². The van der Waals surface area contributed by atoms with Crippen LogP contribution in [0.15, 0.2) is 30.1 Å². The molecule has 1 N–H and O–H groups in total. The lowest BCUT2D eigenvalue weighted by molar-refractivity contribution is 0.267. The van der Waals surface area contributed by atoms with Crippen LogP contribution in [0, 0.1) is 0 Å². The number of nitrogens with zero attached hydrogens (tertiary/aromatic N) is 1. The maximum absolute atomic E-state index is 11.9. The molecule has 0 heterocycles. The maximum Gasteiger partial charge on any atom is 0.195 e. The molecule has 0 saturated heterocycles. The van der Waals surface area contributed by atoms with Crippen molar-refractivity contribution in [1.29, 1.82) is 0 Å². The predicted octanol–water partition coefficient (Wildman–Crippen LogP) is 10.3. The summed E-state index contributed by atoms with van der Waals surface area (Å²) in [7, 11) is 3.91. The summed E-state index contributed by atoms with van der Waals surface area (Å²) in [6, 6.07) is 9.58. The Kier molecular flexibility index (Phi) is 9.91. The smallest absolute Gasteiger partial charge is 0.195 e. The molecule has 200 valence electrons. The molecule has 0 aromatic heterocycles. The van der Waals surface area contributed by atoms with Gasteiger partial charge < -0.3 is 10.0 Å². The Labute approximate surface area is 222 Å². The fourth-order valence-corrected chi connectivity index (χ4v) is 5.06. The molecule has 2 heteroatoms. The van der Waals surface area contributed by atoms with Gasteiger partial charge in [0.1, 0.15) is 0 Å². The van der Waals surface area contributed by atoms with Gasteiger partial charge in [-0.3, -0.25) is 0 Å². The first-order valence-corrected chi connectivity index (χ1v) is 14.1. The number of aliphatic hydroxyl groups excluding tert-OH is 1. The largest absolute Gasteiger partial charge is 0.494 e. The van der Waals surface area contributed by atoms with Crippen LogP contribution in [-0.2, 0) is 0 Å². The Morgan fingerprint density at radius 1 is 0.500 bits per heavy atom. The summed E-state index contributed by atoms with van der Waals surface area (Å²) < 4.78 is 0. The molecule has 2 aromatic carbocycles. The lowest BCUT2D eigenvalue weighted by Crippen LogP contribution is -2.18. The first-order valence-electron chi connectivity index (χ1n) is 14.1. The minimum Gasteiger partial charge on any atom is -0.494 e. The van der Waals surface area contributed by atoms with Crippen molar-refractivity contribution >= 4 is 5.57 Å². The molecule has 2 nitrogen and oxygen atoms in total. The lowest BCUT2D eigenvalue weighted by atomic mass is 9.75. The zero-order valence-corrected chi connectivity index (χ0v) is 25.7. The second kappa shape index (κ2) is 11.9. The normalized spacial score (nSPS) is 12.1. The van der Waals surface area contributed by atoms with Gasteiger partial charge in [0.15, 0.2) is 5.88 Å². The van der Waals surface area contributed by atoms with Crippen LogP contribution in [0.25, 0.3) is 5.57 Å². The molecule has 2 aromatic rings. The predicted molar refractivity (Wildman–Crippen MR) is 160 cm³/mol. The Hall–Kier alpha value is -2.22. The van der Waals surface area contributed by atoms with E-state index in [1.54, 1.807) is 0 Å². The molecule has 0 spiro atoms. The number of hydrogen-bond acceptors (Lipinski definition) is 2. The van der Waals surface area contributed by atoms with Gasteiger partial charge in [-0.25, -0.2) is 0 Å². The van der Waals surface area contributed by atoms with Gasteiger partial charge in [0.05, 0.1) is 0 Å². The van der Waals surface area contributed by atoms with E-state index in [9.17, 15) is 5.11 Å². The average molecular weight is 492 g/mol. The third kappa shape index (κ3) is 6.18. The van der Waals surface area contributed by atoms with E-state index in [-0.39, 0.29) is 0 Å². The molecule has 0 aliphatic carbocycles. The summed E-state index contributed by atoms with van der Waals surface area (Å²) in [6.45, 7) is 27.4. The van der Waals surface area contributed by atoms with E-state index in [4.69, 9.17) is 0 Å². The molecule has 0 radical (unpaired) electrons. The molecule has 0 aliphatic rings. The van der Waals surface area contributed by atoms with Crippen molar-refractivity contribution in [1.82, 2.24) is 4.90 Å². The van der Waals surface area contributed by atoms with Gasteiger partial charge in [0.25, 0.3) is 0 Å². The second-order valence-corrected chi connectivity index (χ2v) is 12.7. The SMILES string of the molecule is CC(C)c1cc(C(C)C)c(C(=C(O)N(C)C)c2c(C(C)C)cc(C(C)C)cc2C(C)C)c(C(C)C)c1. The topological polar surface area (TPSA) is 23.5 Å². The van der Waals surface area contributed by atoms with Crippen molar-refractivity contribution in [2.75, 3.05) is 14.1 Å². The molecule has 0 saturated carbocycles. The number of rotatable bonds is 9. The summed E-state index contributed by atoms with van der Waals surface area (Å²) in [5.74, 6) is 2.58. The van der Waals surface area contributed by atoms with Crippen molar-refractivity contribution in [2.24, 2.45) is 0 Å². The van der Waals surface area contributed by atoms with Gasteiger partial charge in [-0.2, -0.15) is 0 Å². The Morgan fingerprint density at radius 2 is 0.750 bits per heavy atom. The maximum atomic E-state index is 11.9. The van der Waals surface area contributed by atoms with E-state index in [1.807, 2.05) is 19.0 Å². The third-order valence-corrected chi connectivity index (χ3v) is 7.41. The van der Waals surface area contributed by atoms with Crippen LogP contribution in [0.5, 0.6) is 0 Å². The molecule has 0 atom stereocenters. The van der Waals surface area contributed by atoms with Gasteiger partial charge in [-0.05, 0) is 80.0 Å². The third-order valence-electron chi connectivity index (χ3n) is 7.41. The van der Waals surface area contributed by atoms with E-state index in [2.05, 4.69) is 107 Å². The van der Waals surface area contributed by atoms with Crippen molar-refractivity contribution in [3.63, 3.8) is 0 Å². The Balaban J connectivity index is 3.26. The minimum absolute atomic E-state index is 0.334.